The molecule has 22 heavy (non-hydrogen) atoms. The first-order valence-corrected chi connectivity index (χ1v) is 7.41. The molecule has 0 bridgehead atoms. The summed E-state index contributed by atoms with van der Waals surface area (Å²) in [5, 5.41) is -1.83. The van der Waals surface area contributed by atoms with Crippen LogP contribution in [0.5, 0.6) is 0 Å². The van der Waals surface area contributed by atoms with E-state index >= 15 is 0 Å². The first-order valence-electron chi connectivity index (χ1n) is 7.03. The number of likely N-dealkylation sites (tertiary alicyclic amines) is 1. The van der Waals surface area contributed by atoms with Crippen molar-refractivity contribution in [2.24, 2.45) is 5.92 Å². The van der Waals surface area contributed by atoms with Gasteiger partial charge in [-0.15, -0.1) is 0 Å². The number of hydrogen-bond acceptors (Lipinski definition) is 2. The molecule has 1 aromatic rings. The SMILES string of the molecule is O=C1CC(CNC(=O)C(F)(F)Cl)CN1CCc1ccccc1. The minimum atomic E-state index is -3.91. The van der Waals surface area contributed by atoms with Crippen molar-refractivity contribution in [1.82, 2.24) is 10.2 Å². The Labute approximate surface area is 132 Å². The summed E-state index contributed by atoms with van der Waals surface area (Å²) in [6.45, 7) is 1.06. The smallest absolute Gasteiger partial charge is 0.349 e. The van der Waals surface area contributed by atoms with Crippen molar-refractivity contribution in [2.75, 3.05) is 19.6 Å². The molecule has 1 heterocycles. The molecule has 1 unspecified atom stereocenters. The summed E-state index contributed by atoms with van der Waals surface area (Å²) < 4.78 is 25.1. The summed E-state index contributed by atoms with van der Waals surface area (Å²) in [4.78, 5) is 24.6. The monoisotopic (exact) mass is 330 g/mol. The van der Waals surface area contributed by atoms with Crippen LogP contribution in [0.4, 0.5) is 8.78 Å². The molecule has 1 saturated heterocycles. The highest BCUT2D eigenvalue weighted by atomic mass is 35.5. The van der Waals surface area contributed by atoms with Gasteiger partial charge in [-0.3, -0.25) is 9.59 Å². The molecular formula is C15H17ClF2N2O2. The van der Waals surface area contributed by atoms with Gasteiger partial charge in [0.2, 0.25) is 5.91 Å². The van der Waals surface area contributed by atoms with Crippen LogP contribution in [0.25, 0.3) is 0 Å². The molecule has 0 spiro atoms. The fourth-order valence-corrected chi connectivity index (χ4v) is 2.52. The lowest BCUT2D eigenvalue weighted by molar-refractivity contribution is -0.135. The number of benzene rings is 1. The number of nitrogens with zero attached hydrogens (tertiary/aromatic N) is 1. The average Bonchev–Trinajstić information content (AvgIpc) is 2.83. The summed E-state index contributed by atoms with van der Waals surface area (Å²) in [6.07, 6.45) is 0.994. The van der Waals surface area contributed by atoms with Gasteiger partial charge in [0.25, 0.3) is 0 Å². The molecule has 0 saturated carbocycles. The zero-order chi connectivity index (χ0) is 16.2. The maximum Gasteiger partial charge on any atom is 0.399 e. The van der Waals surface area contributed by atoms with Crippen LogP contribution in [-0.4, -0.2) is 41.7 Å². The van der Waals surface area contributed by atoms with E-state index in [2.05, 4.69) is 16.9 Å². The second-order valence-electron chi connectivity index (χ2n) is 5.35. The standard InChI is InChI=1S/C15H17ClF2N2O2/c16-15(17,18)14(22)19-9-12-8-13(21)20(10-12)7-6-11-4-2-1-3-5-11/h1-5,12H,6-10H2,(H,19,22). The molecule has 0 aliphatic carbocycles. The molecule has 2 amide bonds. The molecule has 1 atom stereocenters. The van der Waals surface area contributed by atoms with Gasteiger partial charge in [-0.2, -0.15) is 8.78 Å². The normalized spacial score (nSPS) is 18.6. The molecule has 120 valence electrons. The summed E-state index contributed by atoms with van der Waals surface area (Å²) in [7, 11) is 0. The number of amides is 2. The van der Waals surface area contributed by atoms with Crippen molar-refractivity contribution in [3.63, 3.8) is 0 Å². The summed E-state index contributed by atoms with van der Waals surface area (Å²) >= 11 is 4.62. The zero-order valence-corrected chi connectivity index (χ0v) is 12.7. The number of hydrogen-bond donors (Lipinski definition) is 1. The number of alkyl halides is 3. The first kappa shape index (κ1) is 16.7. The predicted molar refractivity (Wildman–Crippen MR) is 78.6 cm³/mol. The Morgan fingerprint density at radius 1 is 1.36 bits per heavy atom. The molecule has 0 aromatic heterocycles. The van der Waals surface area contributed by atoms with Gasteiger partial charge in [-0.1, -0.05) is 30.3 Å². The number of carbonyl (C=O) groups is 2. The van der Waals surface area contributed by atoms with Gasteiger partial charge in [0.05, 0.1) is 0 Å². The lowest BCUT2D eigenvalue weighted by Gasteiger charge is -2.17. The maximum absolute atomic E-state index is 12.5. The molecule has 2 rings (SSSR count). The second kappa shape index (κ2) is 7.05. The number of rotatable bonds is 6. The average molecular weight is 331 g/mol. The van der Waals surface area contributed by atoms with E-state index < -0.39 is 11.3 Å². The van der Waals surface area contributed by atoms with E-state index in [1.54, 1.807) is 4.90 Å². The minimum Gasteiger partial charge on any atom is -0.349 e. The fourth-order valence-electron chi connectivity index (χ4n) is 2.45. The van der Waals surface area contributed by atoms with Gasteiger partial charge >= 0.3 is 11.3 Å². The van der Waals surface area contributed by atoms with Crippen LogP contribution >= 0.6 is 11.6 Å². The summed E-state index contributed by atoms with van der Waals surface area (Å²) in [5.74, 6) is -1.71. The van der Waals surface area contributed by atoms with Crippen molar-refractivity contribution in [1.29, 1.82) is 0 Å². The molecule has 1 fully saturated rings. The third-order valence-corrected chi connectivity index (χ3v) is 3.79. The minimum absolute atomic E-state index is 0.0205. The largest absolute Gasteiger partial charge is 0.399 e. The summed E-state index contributed by atoms with van der Waals surface area (Å²) in [5.41, 5.74) is 1.13. The number of halogens is 3. The van der Waals surface area contributed by atoms with Crippen LogP contribution in [0.15, 0.2) is 30.3 Å². The third kappa shape index (κ3) is 4.66. The van der Waals surface area contributed by atoms with Crippen molar-refractivity contribution in [3.8, 4) is 0 Å². The summed E-state index contributed by atoms with van der Waals surface area (Å²) in [6, 6.07) is 9.77. The van der Waals surface area contributed by atoms with E-state index in [1.165, 1.54) is 0 Å². The van der Waals surface area contributed by atoms with E-state index in [0.29, 0.717) is 13.1 Å². The van der Waals surface area contributed by atoms with E-state index in [1.807, 2.05) is 30.3 Å². The number of carbonyl (C=O) groups excluding carboxylic acids is 2. The van der Waals surface area contributed by atoms with E-state index in [0.717, 1.165) is 12.0 Å². The Morgan fingerprint density at radius 2 is 2.05 bits per heavy atom. The van der Waals surface area contributed by atoms with Crippen LogP contribution in [0.2, 0.25) is 0 Å². The quantitative estimate of drug-likeness (QED) is 0.811. The lowest BCUT2D eigenvalue weighted by atomic mass is 10.1. The Kier molecular flexibility index (Phi) is 5.34. The molecule has 1 aliphatic rings. The van der Waals surface area contributed by atoms with Crippen molar-refractivity contribution >= 4 is 23.4 Å². The molecule has 7 heteroatoms. The highest BCUT2D eigenvalue weighted by Gasteiger charge is 2.37. The van der Waals surface area contributed by atoms with Crippen molar-refractivity contribution in [2.45, 2.75) is 18.2 Å². The molecule has 0 radical (unpaired) electrons. The Hall–Kier alpha value is -1.69. The van der Waals surface area contributed by atoms with E-state index in [-0.39, 0.29) is 24.8 Å². The van der Waals surface area contributed by atoms with E-state index in [4.69, 9.17) is 0 Å². The van der Waals surface area contributed by atoms with Crippen LogP contribution in [0.1, 0.15) is 12.0 Å². The van der Waals surface area contributed by atoms with Gasteiger partial charge in [-0.05, 0) is 23.6 Å². The van der Waals surface area contributed by atoms with Crippen LogP contribution in [-0.2, 0) is 16.0 Å². The topological polar surface area (TPSA) is 49.4 Å². The number of nitrogens with one attached hydrogen (secondary N) is 1. The molecule has 1 N–H and O–H groups in total. The van der Waals surface area contributed by atoms with Crippen LogP contribution in [0.3, 0.4) is 0 Å². The van der Waals surface area contributed by atoms with E-state index in [9.17, 15) is 18.4 Å². The Balaban J connectivity index is 1.77. The molecular weight excluding hydrogens is 314 g/mol. The highest BCUT2D eigenvalue weighted by Crippen LogP contribution is 2.20. The van der Waals surface area contributed by atoms with Gasteiger partial charge < -0.3 is 10.2 Å². The third-order valence-electron chi connectivity index (χ3n) is 3.62. The second-order valence-corrected chi connectivity index (χ2v) is 5.83. The molecule has 4 nitrogen and oxygen atoms in total. The van der Waals surface area contributed by atoms with Gasteiger partial charge in [0.1, 0.15) is 0 Å². The Bertz CT molecular complexity index is 534. The van der Waals surface area contributed by atoms with Gasteiger partial charge in [-0.25, -0.2) is 0 Å². The zero-order valence-electron chi connectivity index (χ0n) is 11.9. The Morgan fingerprint density at radius 3 is 2.68 bits per heavy atom. The van der Waals surface area contributed by atoms with Crippen LogP contribution in [0, 0.1) is 5.92 Å². The predicted octanol–water partition coefficient (Wildman–Crippen LogP) is 2.03. The first-order chi connectivity index (χ1) is 10.4. The van der Waals surface area contributed by atoms with Crippen molar-refractivity contribution < 1.29 is 18.4 Å². The molecule has 1 aromatic carbocycles. The van der Waals surface area contributed by atoms with Gasteiger partial charge in [0, 0.05) is 32.0 Å². The van der Waals surface area contributed by atoms with Gasteiger partial charge in [0.15, 0.2) is 0 Å². The lowest BCUT2D eigenvalue weighted by Crippen LogP contribution is -2.39. The highest BCUT2D eigenvalue weighted by molar-refractivity contribution is 6.32. The fraction of sp³-hybridized carbons (Fsp3) is 0.467. The van der Waals surface area contributed by atoms with Crippen LogP contribution < -0.4 is 5.32 Å². The van der Waals surface area contributed by atoms with Crippen molar-refractivity contribution in [3.05, 3.63) is 35.9 Å². The molecule has 1 aliphatic heterocycles. The maximum atomic E-state index is 12.5.